The molecular formula is C20H29N3O. The first-order valence-electron chi connectivity index (χ1n) is 9.70. The minimum Gasteiger partial charge on any atom is -0.382 e. The van der Waals surface area contributed by atoms with Crippen molar-refractivity contribution < 1.29 is 4.79 Å². The highest BCUT2D eigenvalue weighted by Gasteiger charge is 2.42. The predicted molar refractivity (Wildman–Crippen MR) is 95.7 cm³/mol. The number of piperidine rings is 1. The van der Waals surface area contributed by atoms with E-state index in [0.29, 0.717) is 23.3 Å². The predicted octanol–water partition coefficient (Wildman–Crippen LogP) is 3.85. The molecule has 4 nitrogen and oxygen atoms in total. The molecule has 2 aliphatic carbocycles. The van der Waals surface area contributed by atoms with Crippen molar-refractivity contribution in [3.8, 4) is 0 Å². The van der Waals surface area contributed by atoms with Crippen molar-refractivity contribution in [2.24, 2.45) is 11.3 Å². The maximum absolute atomic E-state index is 12.8. The lowest BCUT2D eigenvalue weighted by atomic mass is 9.59. The average molecular weight is 327 g/mol. The second-order valence-corrected chi connectivity index (χ2v) is 8.11. The van der Waals surface area contributed by atoms with E-state index in [1.165, 1.54) is 32.1 Å². The first-order valence-corrected chi connectivity index (χ1v) is 9.70. The fourth-order valence-corrected chi connectivity index (χ4v) is 4.84. The summed E-state index contributed by atoms with van der Waals surface area (Å²) in [5.74, 6) is 0.743. The highest BCUT2D eigenvalue weighted by atomic mass is 16.2. The summed E-state index contributed by atoms with van der Waals surface area (Å²) in [5, 5.41) is 3.57. The first kappa shape index (κ1) is 15.9. The Kier molecular flexibility index (Phi) is 4.47. The number of likely N-dealkylation sites (tertiary alicyclic amines) is 1. The van der Waals surface area contributed by atoms with Crippen LogP contribution in [0.25, 0.3) is 0 Å². The number of hydrogen-bond donors (Lipinski definition) is 1. The van der Waals surface area contributed by atoms with Crippen molar-refractivity contribution >= 4 is 11.6 Å². The number of amides is 1. The van der Waals surface area contributed by atoms with Crippen molar-refractivity contribution in [3.63, 3.8) is 0 Å². The maximum atomic E-state index is 12.8. The van der Waals surface area contributed by atoms with Crippen LogP contribution in [0, 0.1) is 11.3 Å². The number of nitrogens with zero attached hydrogens (tertiary/aromatic N) is 2. The van der Waals surface area contributed by atoms with Crippen LogP contribution < -0.4 is 5.32 Å². The van der Waals surface area contributed by atoms with Crippen molar-refractivity contribution in [1.29, 1.82) is 0 Å². The zero-order chi connectivity index (χ0) is 16.4. The molecule has 3 fully saturated rings. The Labute approximate surface area is 145 Å². The molecule has 1 aliphatic heterocycles. The number of anilines is 1. The monoisotopic (exact) mass is 327 g/mol. The van der Waals surface area contributed by atoms with E-state index in [1.807, 2.05) is 24.5 Å². The number of carbonyl (C=O) groups is 1. The van der Waals surface area contributed by atoms with Gasteiger partial charge in [0, 0.05) is 43.1 Å². The van der Waals surface area contributed by atoms with Crippen LogP contribution in [-0.2, 0) is 4.79 Å². The van der Waals surface area contributed by atoms with E-state index in [9.17, 15) is 4.79 Å². The molecule has 2 heterocycles. The lowest BCUT2D eigenvalue weighted by Gasteiger charge is -2.47. The Balaban J connectivity index is 1.24. The van der Waals surface area contributed by atoms with Crippen LogP contribution in [0.1, 0.15) is 57.8 Å². The number of rotatable bonds is 3. The molecule has 3 aliphatic rings. The lowest BCUT2D eigenvalue weighted by Crippen LogP contribution is -2.46. The normalized spacial score (nSPS) is 24.6. The molecule has 0 radical (unpaired) electrons. The van der Waals surface area contributed by atoms with Gasteiger partial charge in [0.15, 0.2) is 0 Å². The third kappa shape index (κ3) is 3.28. The van der Waals surface area contributed by atoms with E-state index in [0.717, 1.165) is 44.5 Å². The topological polar surface area (TPSA) is 45.2 Å². The number of nitrogens with one attached hydrogen (secondary N) is 1. The molecule has 1 aromatic heterocycles. The summed E-state index contributed by atoms with van der Waals surface area (Å²) in [4.78, 5) is 19.0. The molecule has 1 N–H and O–H groups in total. The Morgan fingerprint density at radius 1 is 1.04 bits per heavy atom. The van der Waals surface area contributed by atoms with Gasteiger partial charge in [-0.15, -0.1) is 0 Å². The molecule has 2 saturated carbocycles. The van der Waals surface area contributed by atoms with Gasteiger partial charge in [-0.05, 0) is 68.9 Å². The fourth-order valence-electron chi connectivity index (χ4n) is 4.84. The minimum absolute atomic E-state index is 0.306. The molecule has 1 amide bonds. The molecule has 0 aromatic carbocycles. The third-order valence-electron chi connectivity index (χ3n) is 6.67. The van der Waals surface area contributed by atoms with Gasteiger partial charge in [-0.25, -0.2) is 0 Å². The van der Waals surface area contributed by atoms with E-state index in [2.05, 4.69) is 15.2 Å². The Hall–Kier alpha value is -1.58. The summed E-state index contributed by atoms with van der Waals surface area (Å²) >= 11 is 0. The van der Waals surface area contributed by atoms with Gasteiger partial charge in [0.25, 0.3) is 0 Å². The SMILES string of the molecule is O=C(C1CCC2(CCC2)CC1)N1CCC(Nc2ccncc2)CC1. The summed E-state index contributed by atoms with van der Waals surface area (Å²) in [6.07, 6.45) is 14.8. The quantitative estimate of drug-likeness (QED) is 0.917. The molecule has 1 aromatic rings. The number of aromatic nitrogens is 1. The van der Waals surface area contributed by atoms with Crippen molar-refractivity contribution in [2.75, 3.05) is 18.4 Å². The molecular weight excluding hydrogens is 298 g/mol. The highest BCUT2D eigenvalue weighted by molar-refractivity contribution is 5.79. The molecule has 24 heavy (non-hydrogen) atoms. The second kappa shape index (κ2) is 6.73. The van der Waals surface area contributed by atoms with Crippen LogP contribution >= 0.6 is 0 Å². The fraction of sp³-hybridized carbons (Fsp3) is 0.700. The number of carbonyl (C=O) groups excluding carboxylic acids is 1. The summed E-state index contributed by atoms with van der Waals surface area (Å²) in [5.41, 5.74) is 1.78. The first-order chi connectivity index (χ1) is 11.7. The van der Waals surface area contributed by atoms with E-state index >= 15 is 0 Å². The van der Waals surface area contributed by atoms with Gasteiger partial charge >= 0.3 is 0 Å². The third-order valence-corrected chi connectivity index (χ3v) is 6.67. The van der Waals surface area contributed by atoms with Crippen LogP contribution in [0.2, 0.25) is 0 Å². The smallest absolute Gasteiger partial charge is 0.225 e. The van der Waals surface area contributed by atoms with Gasteiger partial charge in [0.1, 0.15) is 0 Å². The summed E-state index contributed by atoms with van der Waals surface area (Å²) in [6, 6.07) is 4.49. The van der Waals surface area contributed by atoms with E-state index < -0.39 is 0 Å². The maximum Gasteiger partial charge on any atom is 0.225 e. The average Bonchev–Trinajstić information content (AvgIpc) is 2.61. The summed E-state index contributed by atoms with van der Waals surface area (Å²) in [6.45, 7) is 1.81. The molecule has 130 valence electrons. The Morgan fingerprint density at radius 2 is 1.71 bits per heavy atom. The zero-order valence-electron chi connectivity index (χ0n) is 14.5. The van der Waals surface area contributed by atoms with Gasteiger partial charge in [-0.2, -0.15) is 0 Å². The molecule has 0 unspecified atom stereocenters. The van der Waals surface area contributed by atoms with Gasteiger partial charge in [-0.1, -0.05) is 6.42 Å². The van der Waals surface area contributed by atoms with Crippen LogP contribution in [0.3, 0.4) is 0 Å². The molecule has 0 bridgehead atoms. The van der Waals surface area contributed by atoms with Gasteiger partial charge in [0.05, 0.1) is 0 Å². The summed E-state index contributed by atoms with van der Waals surface area (Å²) in [7, 11) is 0. The van der Waals surface area contributed by atoms with Crippen molar-refractivity contribution in [3.05, 3.63) is 24.5 Å². The number of pyridine rings is 1. The van der Waals surface area contributed by atoms with Crippen LogP contribution in [0.4, 0.5) is 5.69 Å². The minimum atomic E-state index is 0.306. The van der Waals surface area contributed by atoms with Gasteiger partial charge in [0.2, 0.25) is 5.91 Å². The van der Waals surface area contributed by atoms with Crippen LogP contribution in [-0.4, -0.2) is 34.9 Å². The molecule has 1 saturated heterocycles. The zero-order valence-corrected chi connectivity index (χ0v) is 14.5. The van der Waals surface area contributed by atoms with Crippen molar-refractivity contribution in [2.45, 2.75) is 63.8 Å². The lowest BCUT2D eigenvalue weighted by molar-refractivity contribution is -0.139. The molecule has 1 spiro atoms. The Morgan fingerprint density at radius 3 is 2.29 bits per heavy atom. The van der Waals surface area contributed by atoms with E-state index in [4.69, 9.17) is 0 Å². The molecule has 4 rings (SSSR count). The number of hydrogen-bond acceptors (Lipinski definition) is 3. The van der Waals surface area contributed by atoms with Gasteiger partial charge < -0.3 is 10.2 Å². The summed E-state index contributed by atoms with van der Waals surface area (Å²) < 4.78 is 0. The van der Waals surface area contributed by atoms with Crippen LogP contribution in [0.5, 0.6) is 0 Å². The largest absolute Gasteiger partial charge is 0.382 e. The van der Waals surface area contributed by atoms with E-state index in [1.54, 1.807) is 0 Å². The second-order valence-electron chi connectivity index (χ2n) is 8.11. The molecule has 0 atom stereocenters. The highest BCUT2D eigenvalue weighted by Crippen LogP contribution is 2.52. The standard InChI is InChI=1S/C20H29N3O/c24-19(16-2-10-20(11-3-16)8-1-9-20)23-14-6-18(7-15-23)22-17-4-12-21-13-5-17/h4-5,12-13,16,18H,1-3,6-11,14-15H2,(H,21,22). The van der Waals surface area contributed by atoms with E-state index in [-0.39, 0.29) is 0 Å². The Bertz CT molecular complexity index is 552. The van der Waals surface area contributed by atoms with Crippen molar-refractivity contribution in [1.82, 2.24) is 9.88 Å². The van der Waals surface area contributed by atoms with Crippen LogP contribution in [0.15, 0.2) is 24.5 Å². The van der Waals surface area contributed by atoms with Gasteiger partial charge in [-0.3, -0.25) is 9.78 Å². The molecule has 4 heteroatoms.